The first kappa shape index (κ1) is 12.5. The summed E-state index contributed by atoms with van der Waals surface area (Å²) in [5.41, 5.74) is 5.88. The van der Waals surface area contributed by atoms with Crippen LogP contribution in [0.3, 0.4) is 0 Å². The molecule has 1 heterocycles. The molecule has 2 aromatic rings. The average Bonchev–Trinajstić information content (AvgIpc) is 2.85. The first-order chi connectivity index (χ1) is 8.66. The Balaban J connectivity index is 2.01. The molecule has 1 N–H and O–H groups in total. The summed E-state index contributed by atoms with van der Waals surface area (Å²) in [6.45, 7) is 4.07. The number of rotatable bonds is 3. The van der Waals surface area contributed by atoms with E-state index in [0.29, 0.717) is 4.88 Å². The van der Waals surface area contributed by atoms with Gasteiger partial charge in [0.25, 0.3) is 5.91 Å². The maximum absolute atomic E-state index is 11.6. The zero-order valence-corrected chi connectivity index (χ0v) is 11.1. The Hall–Kier alpha value is -1.94. The molecule has 0 fully saturated rings. The topological polar surface area (TPSA) is 41.5 Å². The van der Waals surface area contributed by atoms with Crippen molar-refractivity contribution in [3.8, 4) is 0 Å². The maximum atomic E-state index is 11.6. The lowest BCUT2D eigenvalue weighted by atomic mass is 10.1. The van der Waals surface area contributed by atoms with Gasteiger partial charge in [0.2, 0.25) is 0 Å². The molecule has 3 nitrogen and oxygen atoms in total. The Labute approximate surface area is 110 Å². The molecule has 0 aliphatic carbocycles. The quantitative estimate of drug-likeness (QED) is 0.667. The summed E-state index contributed by atoms with van der Waals surface area (Å²) in [5, 5.41) is 5.83. The maximum Gasteiger partial charge on any atom is 0.281 e. The number of hydrogen-bond acceptors (Lipinski definition) is 3. The number of nitrogens with one attached hydrogen (secondary N) is 1. The molecule has 92 valence electrons. The monoisotopic (exact) mass is 258 g/mol. The Morgan fingerprint density at radius 3 is 2.83 bits per heavy atom. The van der Waals surface area contributed by atoms with Crippen LogP contribution in [0.1, 0.15) is 26.4 Å². The first-order valence-electron chi connectivity index (χ1n) is 5.61. The smallest absolute Gasteiger partial charge is 0.266 e. The van der Waals surface area contributed by atoms with Gasteiger partial charge in [0.1, 0.15) is 0 Å². The van der Waals surface area contributed by atoms with Gasteiger partial charge < -0.3 is 0 Å². The van der Waals surface area contributed by atoms with Crippen LogP contribution in [0.2, 0.25) is 0 Å². The Morgan fingerprint density at radius 1 is 1.33 bits per heavy atom. The van der Waals surface area contributed by atoms with Crippen LogP contribution in [-0.4, -0.2) is 12.1 Å². The van der Waals surface area contributed by atoms with Crippen molar-refractivity contribution < 1.29 is 4.79 Å². The molecule has 0 bridgehead atoms. The lowest BCUT2D eigenvalue weighted by Crippen LogP contribution is -2.16. The fourth-order valence-corrected chi connectivity index (χ4v) is 2.21. The molecule has 1 amide bonds. The van der Waals surface area contributed by atoms with Crippen LogP contribution in [-0.2, 0) is 0 Å². The van der Waals surface area contributed by atoms with Crippen LogP contribution in [0.25, 0.3) is 0 Å². The third kappa shape index (κ3) is 3.05. The van der Waals surface area contributed by atoms with E-state index in [0.717, 1.165) is 11.1 Å². The number of carbonyl (C=O) groups excluding carboxylic acids is 1. The lowest BCUT2D eigenvalue weighted by Gasteiger charge is -2.01. The molecule has 1 aromatic carbocycles. The van der Waals surface area contributed by atoms with Gasteiger partial charge in [-0.3, -0.25) is 4.79 Å². The Bertz CT molecular complexity index is 573. The van der Waals surface area contributed by atoms with E-state index in [9.17, 15) is 4.79 Å². The predicted octanol–water partition coefficient (Wildman–Crippen LogP) is 3.13. The number of amides is 1. The number of nitrogens with zero attached hydrogens (tertiary/aromatic N) is 1. The zero-order chi connectivity index (χ0) is 13.0. The molecule has 18 heavy (non-hydrogen) atoms. The fraction of sp³-hybridized carbons (Fsp3) is 0.143. The molecular formula is C14H14N2OS. The van der Waals surface area contributed by atoms with Crippen LogP contribution in [0.4, 0.5) is 0 Å². The van der Waals surface area contributed by atoms with Crippen molar-refractivity contribution in [1.29, 1.82) is 0 Å². The standard InChI is InChI=1S/C14H14N2OS/c1-10-5-6-12(11(2)8-10)9-15-16-14(17)13-4-3-7-18-13/h3-9H,1-2H3,(H,16,17). The molecule has 0 saturated carbocycles. The van der Waals surface area contributed by atoms with E-state index >= 15 is 0 Å². The van der Waals surface area contributed by atoms with Crippen LogP contribution >= 0.6 is 11.3 Å². The van der Waals surface area contributed by atoms with Crippen LogP contribution in [0.15, 0.2) is 40.8 Å². The average molecular weight is 258 g/mol. The van der Waals surface area contributed by atoms with Crippen molar-refractivity contribution in [3.63, 3.8) is 0 Å². The van der Waals surface area contributed by atoms with Crippen molar-refractivity contribution >= 4 is 23.5 Å². The number of hydrogen-bond donors (Lipinski definition) is 1. The largest absolute Gasteiger partial charge is 0.281 e. The second kappa shape index (κ2) is 5.60. The molecule has 0 radical (unpaired) electrons. The van der Waals surface area contributed by atoms with Crippen molar-refractivity contribution in [2.75, 3.05) is 0 Å². The number of aryl methyl sites for hydroxylation is 2. The van der Waals surface area contributed by atoms with Crippen molar-refractivity contribution in [2.24, 2.45) is 5.10 Å². The molecule has 0 spiro atoms. The highest BCUT2D eigenvalue weighted by Crippen LogP contribution is 2.09. The van der Waals surface area contributed by atoms with Gasteiger partial charge >= 0.3 is 0 Å². The Morgan fingerprint density at radius 2 is 2.17 bits per heavy atom. The van der Waals surface area contributed by atoms with E-state index in [1.165, 1.54) is 16.9 Å². The van der Waals surface area contributed by atoms with E-state index in [2.05, 4.69) is 16.6 Å². The third-order valence-corrected chi connectivity index (χ3v) is 3.41. The van der Waals surface area contributed by atoms with E-state index in [1.54, 1.807) is 12.3 Å². The van der Waals surface area contributed by atoms with E-state index in [1.807, 2.05) is 37.4 Å². The summed E-state index contributed by atoms with van der Waals surface area (Å²) in [7, 11) is 0. The summed E-state index contributed by atoms with van der Waals surface area (Å²) in [6.07, 6.45) is 1.67. The van der Waals surface area contributed by atoms with Gasteiger partial charge in [-0.05, 0) is 36.4 Å². The van der Waals surface area contributed by atoms with Crippen molar-refractivity contribution in [2.45, 2.75) is 13.8 Å². The molecule has 4 heteroatoms. The molecule has 0 unspecified atom stereocenters. The summed E-state index contributed by atoms with van der Waals surface area (Å²) in [6, 6.07) is 9.71. The number of hydrazone groups is 1. The van der Waals surface area contributed by atoms with E-state index < -0.39 is 0 Å². The minimum atomic E-state index is -0.175. The lowest BCUT2D eigenvalue weighted by molar-refractivity contribution is 0.0959. The summed E-state index contributed by atoms with van der Waals surface area (Å²) < 4.78 is 0. The van der Waals surface area contributed by atoms with Crippen molar-refractivity contribution in [3.05, 3.63) is 57.3 Å². The highest BCUT2D eigenvalue weighted by molar-refractivity contribution is 7.12. The number of benzene rings is 1. The zero-order valence-electron chi connectivity index (χ0n) is 10.3. The molecular weight excluding hydrogens is 244 g/mol. The van der Waals surface area contributed by atoms with E-state index in [4.69, 9.17) is 0 Å². The van der Waals surface area contributed by atoms with Crippen molar-refractivity contribution in [1.82, 2.24) is 5.43 Å². The number of carbonyl (C=O) groups is 1. The summed E-state index contributed by atoms with van der Waals surface area (Å²) in [5.74, 6) is -0.175. The summed E-state index contributed by atoms with van der Waals surface area (Å²) >= 11 is 1.40. The summed E-state index contributed by atoms with van der Waals surface area (Å²) in [4.78, 5) is 12.3. The minimum Gasteiger partial charge on any atom is -0.266 e. The number of thiophene rings is 1. The van der Waals surface area contributed by atoms with Gasteiger partial charge in [-0.25, -0.2) is 5.43 Å². The van der Waals surface area contributed by atoms with E-state index in [-0.39, 0.29) is 5.91 Å². The molecule has 1 aromatic heterocycles. The predicted molar refractivity (Wildman–Crippen MR) is 75.3 cm³/mol. The normalized spacial score (nSPS) is 10.8. The van der Waals surface area contributed by atoms with Gasteiger partial charge in [0.15, 0.2) is 0 Å². The minimum absolute atomic E-state index is 0.175. The van der Waals surface area contributed by atoms with Gasteiger partial charge in [-0.1, -0.05) is 29.8 Å². The van der Waals surface area contributed by atoms with Gasteiger partial charge in [0.05, 0.1) is 11.1 Å². The molecule has 2 rings (SSSR count). The molecule has 0 atom stereocenters. The van der Waals surface area contributed by atoms with Crippen LogP contribution < -0.4 is 5.43 Å². The van der Waals surface area contributed by atoms with Gasteiger partial charge in [0, 0.05) is 0 Å². The second-order valence-corrected chi connectivity index (χ2v) is 4.98. The van der Waals surface area contributed by atoms with Gasteiger partial charge in [-0.15, -0.1) is 11.3 Å². The molecule has 0 aliphatic heterocycles. The highest BCUT2D eigenvalue weighted by atomic mass is 32.1. The van der Waals surface area contributed by atoms with Crippen LogP contribution in [0.5, 0.6) is 0 Å². The fourth-order valence-electron chi connectivity index (χ4n) is 1.59. The Kier molecular flexibility index (Phi) is 3.89. The third-order valence-electron chi connectivity index (χ3n) is 2.54. The second-order valence-electron chi connectivity index (χ2n) is 4.04. The molecule has 0 saturated heterocycles. The first-order valence-corrected chi connectivity index (χ1v) is 6.49. The highest BCUT2D eigenvalue weighted by Gasteiger charge is 2.03. The molecule has 0 aliphatic rings. The van der Waals surface area contributed by atoms with Gasteiger partial charge in [-0.2, -0.15) is 5.10 Å². The SMILES string of the molecule is Cc1ccc(C=NNC(=O)c2cccs2)c(C)c1. The van der Waals surface area contributed by atoms with Crippen LogP contribution in [0, 0.1) is 13.8 Å².